The average Bonchev–Trinajstić information content (AvgIpc) is 2.79. The lowest BCUT2D eigenvalue weighted by molar-refractivity contribution is 0.0191. The molecule has 7 heteroatoms. The van der Waals surface area contributed by atoms with Crippen LogP contribution in [0, 0.1) is 17.0 Å². The summed E-state index contributed by atoms with van der Waals surface area (Å²) in [4.78, 5) is 13.8. The highest BCUT2D eigenvalue weighted by atomic mass is 19.1. The summed E-state index contributed by atoms with van der Waals surface area (Å²) in [5.41, 5.74) is 1.54. The molecule has 5 nitrogen and oxygen atoms in total. The van der Waals surface area contributed by atoms with E-state index in [4.69, 9.17) is 4.98 Å². The van der Waals surface area contributed by atoms with E-state index in [1.807, 2.05) is 20.8 Å². The Labute approximate surface area is 209 Å². The van der Waals surface area contributed by atoms with Gasteiger partial charge in [-0.3, -0.25) is 4.98 Å². The highest BCUT2D eigenvalue weighted by Crippen LogP contribution is 2.56. The zero-order valence-corrected chi connectivity index (χ0v) is 20.8. The van der Waals surface area contributed by atoms with Crippen LogP contribution in [0.3, 0.4) is 0 Å². The summed E-state index contributed by atoms with van der Waals surface area (Å²) in [5.74, 6) is 0.186. The molecule has 2 aromatic carbocycles. The molecule has 2 N–H and O–H groups in total. The van der Waals surface area contributed by atoms with Gasteiger partial charge in [-0.25, -0.2) is 18.7 Å². The van der Waals surface area contributed by atoms with Gasteiger partial charge in [0.15, 0.2) is 5.82 Å². The molecule has 2 aromatic heterocycles. The molecule has 6 rings (SSSR count). The topological polar surface area (TPSA) is 70.9 Å². The molecule has 2 saturated carbocycles. The van der Waals surface area contributed by atoms with Crippen LogP contribution in [0.5, 0.6) is 5.75 Å². The summed E-state index contributed by atoms with van der Waals surface area (Å²) in [6, 6.07) is 6.30. The first kappa shape index (κ1) is 23.1. The van der Waals surface area contributed by atoms with Crippen molar-refractivity contribution in [1.82, 2.24) is 15.0 Å². The van der Waals surface area contributed by atoms with E-state index in [2.05, 4.69) is 15.3 Å². The number of benzene rings is 2. The maximum Gasteiger partial charge on any atom is 0.175 e. The van der Waals surface area contributed by atoms with Crippen molar-refractivity contribution < 1.29 is 13.9 Å². The number of pyridine rings is 1. The van der Waals surface area contributed by atoms with E-state index < -0.39 is 5.82 Å². The van der Waals surface area contributed by atoms with Crippen molar-refractivity contribution in [2.45, 2.75) is 71.3 Å². The van der Waals surface area contributed by atoms with E-state index in [1.165, 1.54) is 31.4 Å². The van der Waals surface area contributed by atoms with Crippen LogP contribution in [0.2, 0.25) is 0 Å². The van der Waals surface area contributed by atoms with E-state index in [0.717, 1.165) is 12.8 Å². The summed E-state index contributed by atoms with van der Waals surface area (Å²) in [6.45, 7) is 5.82. The van der Waals surface area contributed by atoms with Gasteiger partial charge in [-0.1, -0.05) is 33.3 Å². The second kappa shape index (κ2) is 8.36. The minimum absolute atomic E-state index is 0.00715. The molecule has 2 aliphatic rings. The number of nitrogens with one attached hydrogen (secondary N) is 1. The predicted octanol–water partition coefficient (Wildman–Crippen LogP) is 7.26. The molecule has 2 fully saturated rings. The largest absolute Gasteiger partial charge is 0.508 e. The summed E-state index contributed by atoms with van der Waals surface area (Å²) >= 11 is 0. The number of hydrogen-bond acceptors (Lipinski definition) is 5. The van der Waals surface area contributed by atoms with Crippen molar-refractivity contribution in [2.75, 3.05) is 5.32 Å². The summed E-state index contributed by atoms with van der Waals surface area (Å²) in [7, 11) is 0. The number of aromatic hydroxyl groups is 1. The van der Waals surface area contributed by atoms with Gasteiger partial charge in [0, 0.05) is 23.7 Å². The first-order valence-corrected chi connectivity index (χ1v) is 12.9. The minimum atomic E-state index is -0.595. The molecule has 0 amide bonds. The van der Waals surface area contributed by atoms with Gasteiger partial charge in [0.05, 0.1) is 5.39 Å². The van der Waals surface area contributed by atoms with Crippen molar-refractivity contribution in [3.8, 4) is 17.0 Å². The number of fused-ring (bicyclic) bond motifs is 2. The van der Waals surface area contributed by atoms with Gasteiger partial charge >= 0.3 is 0 Å². The van der Waals surface area contributed by atoms with Gasteiger partial charge < -0.3 is 10.4 Å². The number of aromatic nitrogens is 3. The second-order valence-corrected chi connectivity index (χ2v) is 10.8. The second-order valence-electron chi connectivity index (χ2n) is 10.8. The fourth-order valence-corrected chi connectivity index (χ4v) is 6.03. The van der Waals surface area contributed by atoms with Gasteiger partial charge in [-0.05, 0) is 72.1 Å². The molecule has 0 radical (unpaired) electrons. The lowest BCUT2D eigenvalue weighted by atomic mass is 9.54. The van der Waals surface area contributed by atoms with Gasteiger partial charge in [-0.15, -0.1) is 0 Å². The Hall–Kier alpha value is -3.35. The van der Waals surface area contributed by atoms with Gasteiger partial charge in [0.1, 0.15) is 34.4 Å². The average molecular weight is 489 g/mol. The molecule has 0 atom stereocenters. The number of phenolic OH excluding ortho intramolecular Hbond substituents is 1. The van der Waals surface area contributed by atoms with E-state index in [9.17, 15) is 9.50 Å². The molecule has 2 heterocycles. The minimum Gasteiger partial charge on any atom is -0.508 e. The maximum atomic E-state index is 16.2. The quantitative estimate of drug-likeness (QED) is 0.309. The first-order valence-electron chi connectivity index (χ1n) is 12.9. The predicted molar refractivity (Wildman–Crippen MR) is 138 cm³/mol. The SMILES string of the molecule is CCc1c(F)ccc2cc(O)cc(-c3ncc4c(NC5CC6(CCC6)C5)nc(C(C)C)nc4c3F)c12. The monoisotopic (exact) mass is 488 g/mol. The number of phenols is 1. The van der Waals surface area contributed by atoms with E-state index in [0.29, 0.717) is 56.8 Å². The van der Waals surface area contributed by atoms with Crippen LogP contribution in [0.4, 0.5) is 14.6 Å². The fourth-order valence-electron chi connectivity index (χ4n) is 6.03. The summed E-state index contributed by atoms with van der Waals surface area (Å²) in [6.07, 6.45) is 8.15. The van der Waals surface area contributed by atoms with Gasteiger partial charge in [-0.2, -0.15) is 0 Å². The number of halogens is 2. The highest BCUT2D eigenvalue weighted by Gasteiger charge is 2.48. The zero-order chi connectivity index (χ0) is 25.2. The zero-order valence-electron chi connectivity index (χ0n) is 20.8. The third-order valence-corrected chi connectivity index (χ3v) is 8.09. The third-order valence-electron chi connectivity index (χ3n) is 8.09. The first-order chi connectivity index (χ1) is 17.3. The number of aryl methyl sites for hydroxylation is 1. The third kappa shape index (κ3) is 3.59. The normalized spacial score (nSPS) is 17.1. The molecule has 0 aliphatic heterocycles. The Morgan fingerprint density at radius 1 is 1.14 bits per heavy atom. The Kier molecular flexibility index (Phi) is 5.36. The van der Waals surface area contributed by atoms with E-state index in [1.54, 1.807) is 18.3 Å². The molecule has 36 heavy (non-hydrogen) atoms. The van der Waals surface area contributed by atoms with Crippen LogP contribution < -0.4 is 5.32 Å². The summed E-state index contributed by atoms with van der Waals surface area (Å²) < 4.78 is 30.9. The standard InChI is InChI=1S/C29H30F2N4O/c1-4-19-22(30)7-6-16-10-18(36)11-20(23(16)19)25-24(31)26-21(14-32-25)28(35-27(34-26)15(2)3)33-17-12-29(13-17)8-5-9-29/h6-7,10-11,14-15,17,36H,4-5,8-9,12-13H2,1-3H3,(H,33,34,35). The Morgan fingerprint density at radius 3 is 2.58 bits per heavy atom. The van der Waals surface area contributed by atoms with Crippen LogP contribution >= 0.6 is 0 Å². The van der Waals surface area contributed by atoms with Crippen LogP contribution in [0.15, 0.2) is 30.5 Å². The van der Waals surface area contributed by atoms with Gasteiger partial charge in [0.2, 0.25) is 0 Å². The lowest BCUT2D eigenvalue weighted by Crippen LogP contribution is -2.49. The maximum absolute atomic E-state index is 16.2. The van der Waals surface area contributed by atoms with E-state index >= 15 is 4.39 Å². The Morgan fingerprint density at radius 2 is 1.92 bits per heavy atom. The molecule has 0 unspecified atom stereocenters. The molecule has 0 saturated heterocycles. The van der Waals surface area contributed by atoms with E-state index in [-0.39, 0.29) is 28.7 Å². The van der Waals surface area contributed by atoms with Gasteiger partial charge in [0.25, 0.3) is 0 Å². The smallest absolute Gasteiger partial charge is 0.175 e. The number of hydrogen-bond donors (Lipinski definition) is 2. The van der Waals surface area contributed by atoms with Crippen molar-refractivity contribution in [3.05, 3.63) is 53.5 Å². The van der Waals surface area contributed by atoms with Crippen LogP contribution in [-0.2, 0) is 6.42 Å². The molecule has 4 aromatic rings. The number of nitrogens with zero attached hydrogens (tertiary/aromatic N) is 3. The molecule has 0 bridgehead atoms. The Balaban J connectivity index is 1.52. The van der Waals surface area contributed by atoms with Crippen LogP contribution in [-0.4, -0.2) is 26.1 Å². The fraction of sp³-hybridized carbons (Fsp3) is 0.414. The van der Waals surface area contributed by atoms with Crippen molar-refractivity contribution in [2.24, 2.45) is 5.41 Å². The number of anilines is 1. The molecular formula is C29H30F2N4O. The molecule has 186 valence electrons. The van der Waals surface area contributed by atoms with Crippen LogP contribution in [0.1, 0.15) is 70.2 Å². The molecular weight excluding hydrogens is 458 g/mol. The van der Waals surface area contributed by atoms with Crippen molar-refractivity contribution in [1.29, 1.82) is 0 Å². The number of rotatable bonds is 5. The highest BCUT2D eigenvalue weighted by molar-refractivity contribution is 6.01. The molecule has 2 aliphatic carbocycles. The summed E-state index contributed by atoms with van der Waals surface area (Å²) in [5, 5.41) is 15.6. The van der Waals surface area contributed by atoms with Crippen LogP contribution in [0.25, 0.3) is 32.9 Å². The Bertz CT molecular complexity index is 1510. The van der Waals surface area contributed by atoms with Crippen molar-refractivity contribution in [3.63, 3.8) is 0 Å². The lowest BCUT2D eigenvalue weighted by Gasteiger charge is -2.54. The molecule has 1 spiro atoms. The van der Waals surface area contributed by atoms with Crippen molar-refractivity contribution >= 4 is 27.5 Å².